The number of benzene rings is 1. The number of nitrogens with zero attached hydrogens (tertiary/aromatic N) is 5. The Hall–Kier alpha value is -4.36. The maximum absolute atomic E-state index is 13.4. The molecule has 0 saturated heterocycles. The zero-order chi connectivity index (χ0) is 28.0. The first-order valence-corrected chi connectivity index (χ1v) is 14.8. The van der Waals surface area contributed by atoms with Crippen LogP contribution in [0.1, 0.15) is 35.9 Å². The summed E-state index contributed by atoms with van der Waals surface area (Å²) >= 11 is 1.49. The number of pyridine rings is 1. The average molecular weight is 576 g/mol. The van der Waals surface area contributed by atoms with E-state index in [1.54, 1.807) is 29.2 Å². The summed E-state index contributed by atoms with van der Waals surface area (Å²) in [4.78, 5) is 27.6. The minimum Gasteiger partial charge on any atom is -0.480 e. The Morgan fingerprint density at radius 1 is 1.07 bits per heavy atom. The number of thiophene rings is 1. The van der Waals surface area contributed by atoms with Crippen molar-refractivity contribution in [1.29, 1.82) is 0 Å². The molecule has 5 heterocycles. The molecule has 0 saturated carbocycles. The zero-order valence-corrected chi connectivity index (χ0v) is 23.5. The smallest absolute Gasteiger partial charge is 0.262 e. The van der Waals surface area contributed by atoms with Crippen molar-refractivity contribution in [3.63, 3.8) is 0 Å². The molecule has 1 aliphatic heterocycles. The summed E-state index contributed by atoms with van der Waals surface area (Å²) in [6.45, 7) is 4.79. The zero-order valence-electron chi connectivity index (χ0n) is 21.9. The standard InChI is InChI=1S/C27H25N7O4S2/c1-15(2)25-31-20-11-22-17-10-21(27(38-3)29-12-17)33-40(36,37)19-6-4-5-16(9-19)26(35)28-7-8-34-14-18(13-30-34)23(32-25)24(20)39-22/h4-6,9-15,33H,7-8H2,1-3H3,(H,28,35). The van der Waals surface area contributed by atoms with Crippen LogP contribution in [0.2, 0.25) is 0 Å². The van der Waals surface area contributed by atoms with E-state index in [1.807, 2.05) is 26.1 Å². The monoisotopic (exact) mass is 575 g/mol. The largest absolute Gasteiger partial charge is 0.480 e. The Balaban J connectivity index is 1.55. The van der Waals surface area contributed by atoms with E-state index >= 15 is 0 Å². The van der Waals surface area contributed by atoms with Gasteiger partial charge in [0.05, 0.1) is 40.7 Å². The van der Waals surface area contributed by atoms with E-state index in [-0.39, 0.29) is 27.9 Å². The summed E-state index contributed by atoms with van der Waals surface area (Å²) in [5.41, 5.74) is 3.44. The third kappa shape index (κ3) is 4.77. The molecule has 5 aromatic rings. The van der Waals surface area contributed by atoms with Crippen molar-refractivity contribution in [1.82, 2.24) is 30.0 Å². The fraction of sp³-hybridized carbons (Fsp3) is 0.222. The Morgan fingerprint density at radius 3 is 2.73 bits per heavy atom. The normalized spacial score (nSPS) is 14.8. The SMILES string of the molecule is COc1ncc2cc1NS(=O)(=O)c1cccc(c1)C(=O)NCCn1cc(cn1)-c1nc(C(C)C)nc3cc-2sc13. The van der Waals surface area contributed by atoms with Gasteiger partial charge in [-0.3, -0.25) is 14.2 Å². The number of ether oxygens (including phenoxy) is 1. The topological polar surface area (TPSA) is 141 Å². The molecule has 1 aromatic carbocycles. The van der Waals surface area contributed by atoms with E-state index in [0.717, 1.165) is 26.4 Å². The van der Waals surface area contributed by atoms with E-state index in [9.17, 15) is 13.2 Å². The van der Waals surface area contributed by atoms with Gasteiger partial charge in [-0.1, -0.05) is 19.9 Å². The third-order valence-corrected chi connectivity index (χ3v) is 8.96. The first-order chi connectivity index (χ1) is 19.2. The van der Waals surface area contributed by atoms with Gasteiger partial charge in [-0.2, -0.15) is 5.10 Å². The molecule has 0 unspecified atom stereocenters. The summed E-state index contributed by atoms with van der Waals surface area (Å²) in [6.07, 6.45) is 5.29. The van der Waals surface area contributed by atoms with Gasteiger partial charge >= 0.3 is 0 Å². The summed E-state index contributed by atoms with van der Waals surface area (Å²) in [7, 11) is -2.66. The maximum Gasteiger partial charge on any atom is 0.262 e. The molecule has 13 heteroatoms. The van der Waals surface area contributed by atoms with Crippen molar-refractivity contribution in [2.24, 2.45) is 0 Å². The lowest BCUT2D eigenvalue weighted by Crippen LogP contribution is -2.27. The van der Waals surface area contributed by atoms with Crippen LogP contribution in [0.5, 0.6) is 5.88 Å². The van der Waals surface area contributed by atoms with Gasteiger partial charge in [0.1, 0.15) is 11.5 Å². The maximum atomic E-state index is 13.4. The number of aromatic nitrogens is 5. The van der Waals surface area contributed by atoms with E-state index in [4.69, 9.17) is 14.7 Å². The quantitative estimate of drug-likeness (QED) is 0.318. The van der Waals surface area contributed by atoms with Crippen LogP contribution in [0.3, 0.4) is 0 Å². The number of carbonyl (C=O) groups excluding carboxylic acids is 1. The van der Waals surface area contributed by atoms with Crippen LogP contribution in [0.4, 0.5) is 5.69 Å². The minimum absolute atomic E-state index is 0.0646. The lowest BCUT2D eigenvalue weighted by molar-refractivity contribution is 0.0951. The van der Waals surface area contributed by atoms with Crippen molar-refractivity contribution in [3.05, 3.63) is 66.4 Å². The van der Waals surface area contributed by atoms with Gasteiger partial charge < -0.3 is 10.1 Å². The molecular formula is C27H25N7O4S2. The Bertz CT molecular complexity index is 1880. The van der Waals surface area contributed by atoms with E-state index in [1.165, 1.54) is 36.6 Å². The van der Waals surface area contributed by atoms with Crippen LogP contribution < -0.4 is 14.8 Å². The minimum atomic E-state index is -4.07. The van der Waals surface area contributed by atoms with E-state index in [0.29, 0.717) is 24.5 Å². The average Bonchev–Trinajstić information content (AvgIpc) is 3.59. The Labute approximate surface area is 234 Å². The molecule has 40 heavy (non-hydrogen) atoms. The van der Waals surface area contributed by atoms with Crippen molar-refractivity contribution in [2.45, 2.75) is 31.2 Å². The Morgan fingerprint density at radius 2 is 1.93 bits per heavy atom. The molecule has 8 bridgehead atoms. The number of fused-ring (bicyclic) bond motifs is 9. The molecular weight excluding hydrogens is 550 g/mol. The second-order valence-electron chi connectivity index (χ2n) is 9.57. The number of methoxy groups -OCH3 is 1. The van der Waals surface area contributed by atoms with Gasteiger partial charge in [0.15, 0.2) is 0 Å². The molecule has 1 amide bonds. The van der Waals surface area contributed by atoms with Crippen molar-refractivity contribution >= 4 is 43.2 Å². The summed E-state index contributed by atoms with van der Waals surface area (Å²) in [6, 6.07) is 9.48. The van der Waals surface area contributed by atoms with Gasteiger partial charge in [0, 0.05) is 46.4 Å². The Kier molecular flexibility index (Phi) is 6.47. The van der Waals surface area contributed by atoms with Gasteiger partial charge in [-0.15, -0.1) is 11.3 Å². The molecule has 204 valence electrons. The number of carbonyl (C=O) groups is 1. The number of nitrogens with one attached hydrogen (secondary N) is 2. The molecule has 0 radical (unpaired) electrons. The molecule has 0 aliphatic carbocycles. The highest BCUT2D eigenvalue weighted by atomic mass is 32.2. The number of hydrogen-bond donors (Lipinski definition) is 2. The van der Waals surface area contributed by atoms with Crippen LogP contribution in [0.15, 0.2) is 59.9 Å². The first-order valence-electron chi connectivity index (χ1n) is 12.5. The highest BCUT2D eigenvalue weighted by Gasteiger charge is 2.22. The molecule has 0 atom stereocenters. The van der Waals surface area contributed by atoms with Crippen LogP contribution in [-0.2, 0) is 16.6 Å². The molecule has 6 rings (SSSR count). The van der Waals surface area contributed by atoms with E-state index in [2.05, 4.69) is 20.1 Å². The molecule has 4 aromatic heterocycles. The van der Waals surface area contributed by atoms with E-state index < -0.39 is 15.9 Å². The number of amides is 1. The lowest BCUT2D eigenvalue weighted by atomic mass is 10.1. The number of rotatable bonds is 2. The molecule has 1 aliphatic rings. The summed E-state index contributed by atoms with van der Waals surface area (Å²) < 4.78 is 37.3. The number of anilines is 1. The molecule has 2 N–H and O–H groups in total. The lowest BCUT2D eigenvalue weighted by Gasteiger charge is -2.13. The molecule has 11 nitrogen and oxygen atoms in total. The fourth-order valence-corrected chi connectivity index (χ4v) is 6.55. The highest BCUT2D eigenvalue weighted by Crippen LogP contribution is 2.40. The molecule has 0 fully saturated rings. The van der Waals surface area contributed by atoms with Gasteiger partial charge in [0.25, 0.3) is 15.9 Å². The first kappa shape index (κ1) is 25.9. The van der Waals surface area contributed by atoms with Gasteiger partial charge in [0.2, 0.25) is 5.88 Å². The van der Waals surface area contributed by atoms with Crippen molar-refractivity contribution in [2.75, 3.05) is 18.4 Å². The summed E-state index contributed by atoms with van der Waals surface area (Å²) in [5, 5.41) is 7.31. The van der Waals surface area contributed by atoms with Crippen LogP contribution >= 0.6 is 11.3 Å². The van der Waals surface area contributed by atoms with Crippen molar-refractivity contribution < 1.29 is 17.9 Å². The predicted molar refractivity (Wildman–Crippen MR) is 152 cm³/mol. The predicted octanol–water partition coefficient (Wildman–Crippen LogP) is 4.29. The number of sulfonamides is 1. The van der Waals surface area contributed by atoms with Crippen LogP contribution in [0.25, 0.3) is 31.9 Å². The fourth-order valence-electron chi connectivity index (χ4n) is 4.37. The molecule has 0 spiro atoms. The van der Waals surface area contributed by atoms with Gasteiger partial charge in [-0.05, 0) is 30.3 Å². The number of hydrogen-bond acceptors (Lipinski definition) is 9. The highest BCUT2D eigenvalue weighted by molar-refractivity contribution is 7.92. The van der Waals surface area contributed by atoms with Crippen LogP contribution in [-0.4, -0.2) is 52.7 Å². The second-order valence-corrected chi connectivity index (χ2v) is 12.3. The van der Waals surface area contributed by atoms with Crippen LogP contribution in [0, 0.1) is 0 Å². The van der Waals surface area contributed by atoms with Gasteiger partial charge in [-0.25, -0.2) is 23.4 Å². The summed E-state index contributed by atoms with van der Waals surface area (Å²) in [5.74, 6) is 0.524. The van der Waals surface area contributed by atoms with Crippen molar-refractivity contribution in [3.8, 4) is 27.6 Å². The third-order valence-electron chi connectivity index (χ3n) is 6.42. The second kappa shape index (κ2) is 9.99.